The van der Waals surface area contributed by atoms with E-state index >= 15 is 0 Å². The number of hydrogen-bond acceptors (Lipinski definition) is 1. The van der Waals surface area contributed by atoms with Crippen LogP contribution in [-0.2, 0) is 6.61 Å². The number of aromatic amines is 1. The van der Waals surface area contributed by atoms with E-state index in [9.17, 15) is 0 Å². The highest BCUT2D eigenvalue weighted by molar-refractivity contribution is 6.07. The molecular weight excluding hydrogens is 270 g/mol. The predicted octanol–water partition coefficient (Wildman–Crippen LogP) is 5.21. The number of H-pyrrole nitrogens is 1. The Morgan fingerprint density at radius 2 is 1.55 bits per heavy atom. The van der Waals surface area contributed by atoms with E-state index in [1.807, 2.05) is 24.3 Å². The molecule has 0 unspecified atom stereocenters. The molecule has 22 heavy (non-hydrogen) atoms. The van der Waals surface area contributed by atoms with Crippen molar-refractivity contribution < 1.29 is 4.74 Å². The van der Waals surface area contributed by atoms with Crippen LogP contribution in [0.15, 0.2) is 66.7 Å². The molecule has 0 aliphatic rings. The van der Waals surface area contributed by atoms with Crippen molar-refractivity contribution in [2.45, 2.75) is 13.5 Å². The number of benzene rings is 3. The minimum Gasteiger partial charge on any atom is -0.489 e. The van der Waals surface area contributed by atoms with E-state index in [1.54, 1.807) is 0 Å². The minimum atomic E-state index is 0.589. The fourth-order valence-corrected chi connectivity index (χ4v) is 2.83. The zero-order chi connectivity index (χ0) is 14.9. The molecular formula is C20H17NO. The summed E-state index contributed by atoms with van der Waals surface area (Å²) >= 11 is 0. The van der Waals surface area contributed by atoms with Crippen LogP contribution in [0.2, 0.25) is 0 Å². The van der Waals surface area contributed by atoms with Gasteiger partial charge >= 0.3 is 0 Å². The van der Waals surface area contributed by atoms with E-state index < -0.39 is 0 Å². The number of aromatic nitrogens is 1. The third kappa shape index (κ3) is 2.33. The van der Waals surface area contributed by atoms with E-state index in [0.29, 0.717) is 6.61 Å². The SMILES string of the molecule is Cc1ccc2c(c1)[nH]c1cc(OCc3ccccc3)ccc12. The summed E-state index contributed by atoms with van der Waals surface area (Å²) in [6, 6.07) is 23.0. The molecule has 0 radical (unpaired) electrons. The van der Waals surface area contributed by atoms with Crippen LogP contribution in [-0.4, -0.2) is 4.98 Å². The Kier molecular flexibility index (Phi) is 3.08. The first-order valence-corrected chi connectivity index (χ1v) is 7.48. The van der Waals surface area contributed by atoms with Gasteiger partial charge in [-0.15, -0.1) is 0 Å². The molecule has 0 saturated heterocycles. The maximum absolute atomic E-state index is 5.90. The quantitative estimate of drug-likeness (QED) is 0.550. The lowest BCUT2D eigenvalue weighted by Gasteiger charge is -2.06. The normalized spacial score (nSPS) is 11.1. The fraction of sp³-hybridized carbons (Fsp3) is 0.100. The Morgan fingerprint density at radius 1 is 0.818 bits per heavy atom. The Morgan fingerprint density at radius 3 is 2.36 bits per heavy atom. The van der Waals surface area contributed by atoms with Gasteiger partial charge < -0.3 is 9.72 Å². The molecule has 2 nitrogen and oxygen atoms in total. The molecule has 0 spiro atoms. The number of hydrogen-bond donors (Lipinski definition) is 1. The molecule has 4 rings (SSSR count). The number of fused-ring (bicyclic) bond motifs is 3. The molecule has 0 fully saturated rings. The van der Waals surface area contributed by atoms with Crippen LogP contribution in [0, 0.1) is 6.92 Å². The average Bonchev–Trinajstić information content (AvgIpc) is 2.90. The number of rotatable bonds is 3. The second-order valence-electron chi connectivity index (χ2n) is 5.66. The number of ether oxygens (including phenoxy) is 1. The Labute approximate surface area is 129 Å². The van der Waals surface area contributed by atoms with Gasteiger partial charge in [-0.1, -0.05) is 42.5 Å². The van der Waals surface area contributed by atoms with Gasteiger partial charge in [0, 0.05) is 22.4 Å². The number of nitrogens with one attached hydrogen (secondary N) is 1. The van der Waals surface area contributed by atoms with Crippen LogP contribution in [0.1, 0.15) is 11.1 Å². The van der Waals surface area contributed by atoms with Crippen molar-refractivity contribution in [1.29, 1.82) is 0 Å². The van der Waals surface area contributed by atoms with Crippen molar-refractivity contribution in [2.24, 2.45) is 0 Å². The smallest absolute Gasteiger partial charge is 0.121 e. The molecule has 1 N–H and O–H groups in total. The lowest BCUT2D eigenvalue weighted by molar-refractivity contribution is 0.306. The van der Waals surface area contributed by atoms with E-state index in [-0.39, 0.29) is 0 Å². The number of aryl methyl sites for hydroxylation is 1. The van der Waals surface area contributed by atoms with Crippen molar-refractivity contribution in [1.82, 2.24) is 4.98 Å². The highest BCUT2D eigenvalue weighted by atomic mass is 16.5. The van der Waals surface area contributed by atoms with Gasteiger partial charge in [0.25, 0.3) is 0 Å². The molecule has 0 amide bonds. The third-order valence-electron chi connectivity index (χ3n) is 3.97. The molecule has 0 saturated carbocycles. The third-order valence-corrected chi connectivity index (χ3v) is 3.97. The van der Waals surface area contributed by atoms with E-state index in [4.69, 9.17) is 4.74 Å². The Balaban J connectivity index is 1.67. The first-order valence-electron chi connectivity index (χ1n) is 7.48. The lowest BCUT2D eigenvalue weighted by Crippen LogP contribution is -1.94. The predicted molar refractivity (Wildman–Crippen MR) is 91.3 cm³/mol. The van der Waals surface area contributed by atoms with Gasteiger partial charge in [-0.2, -0.15) is 0 Å². The zero-order valence-corrected chi connectivity index (χ0v) is 12.5. The average molecular weight is 287 g/mol. The lowest BCUT2D eigenvalue weighted by atomic mass is 10.1. The van der Waals surface area contributed by atoms with Crippen molar-refractivity contribution in [3.63, 3.8) is 0 Å². The second-order valence-corrected chi connectivity index (χ2v) is 5.66. The summed E-state index contributed by atoms with van der Waals surface area (Å²) < 4.78 is 5.90. The maximum atomic E-state index is 5.90. The zero-order valence-electron chi connectivity index (χ0n) is 12.5. The summed E-state index contributed by atoms with van der Waals surface area (Å²) in [5.74, 6) is 0.889. The largest absolute Gasteiger partial charge is 0.489 e. The van der Waals surface area contributed by atoms with Gasteiger partial charge in [-0.25, -0.2) is 0 Å². The molecule has 3 aromatic carbocycles. The molecule has 0 aliphatic heterocycles. The van der Waals surface area contributed by atoms with E-state index in [0.717, 1.165) is 11.3 Å². The second kappa shape index (κ2) is 5.23. The Hall–Kier alpha value is -2.74. The van der Waals surface area contributed by atoms with Crippen LogP contribution in [0.5, 0.6) is 5.75 Å². The van der Waals surface area contributed by atoms with Crippen molar-refractivity contribution in [2.75, 3.05) is 0 Å². The van der Waals surface area contributed by atoms with E-state index in [1.165, 1.54) is 27.4 Å². The maximum Gasteiger partial charge on any atom is 0.121 e. The van der Waals surface area contributed by atoms with Crippen molar-refractivity contribution in [3.8, 4) is 5.75 Å². The molecule has 2 heteroatoms. The van der Waals surface area contributed by atoms with Gasteiger partial charge in [0.05, 0.1) is 5.52 Å². The molecule has 108 valence electrons. The van der Waals surface area contributed by atoms with Gasteiger partial charge in [0.1, 0.15) is 12.4 Å². The summed E-state index contributed by atoms with van der Waals surface area (Å²) in [5.41, 5.74) is 4.73. The van der Waals surface area contributed by atoms with Gasteiger partial charge in [0.2, 0.25) is 0 Å². The fourth-order valence-electron chi connectivity index (χ4n) is 2.83. The monoisotopic (exact) mass is 287 g/mol. The van der Waals surface area contributed by atoms with Gasteiger partial charge in [-0.05, 0) is 36.2 Å². The summed E-state index contributed by atoms with van der Waals surface area (Å²) in [4.78, 5) is 3.48. The summed E-state index contributed by atoms with van der Waals surface area (Å²) in [6.07, 6.45) is 0. The molecule has 0 aliphatic carbocycles. The van der Waals surface area contributed by atoms with Crippen LogP contribution in [0.4, 0.5) is 0 Å². The molecule has 1 aromatic heterocycles. The summed E-state index contributed by atoms with van der Waals surface area (Å²) in [7, 11) is 0. The first kappa shape index (κ1) is 13.0. The first-order chi connectivity index (χ1) is 10.8. The van der Waals surface area contributed by atoms with Gasteiger partial charge in [-0.3, -0.25) is 0 Å². The van der Waals surface area contributed by atoms with Crippen LogP contribution in [0.3, 0.4) is 0 Å². The van der Waals surface area contributed by atoms with Crippen LogP contribution >= 0.6 is 0 Å². The molecule has 4 aromatic rings. The van der Waals surface area contributed by atoms with Crippen LogP contribution in [0.25, 0.3) is 21.8 Å². The topological polar surface area (TPSA) is 25.0 Å². The minimum absolute atomic E-state index is 0.589. The van der Waals surface area contributed by atoms with Crippen LogP contribution < -0.4 is 4.74 Å². The van der Waals surface area contributed by atoms with Crippen molar-refractivity contribution >= 4 is 21.8 Å². The summed E-state index contributed by atoms with van der Waals surface area (Å²) in [6.45, 7) is 2.70. The standard InChI is InChI=1S/C20H17NO/c1-14-7-9-17-18-10-8-16(12-20(18)21-19(17)11-14)22-13-15-5-3-2-4-6-15/h2-12,21H,13H2,1H3. The molecule has 0 bridgehead atoms. The van der Waals surface area contributed by atoms with Gasteiger partial charge in [0.15, 0.2) is 0 Å². The highest BCUT2D eigenvalue weighted by Gasteiger charge is 2.05. The Bertz CT molecular complexity index is 938. The molecule has 1 heterocycles. The highest BCUT2D eigenvalue weighted by Crippen LogP contribution is 2.29. The van der Waals surface area contributed by atoms with Crippen molar-refractivity contribution in [3.05, 3.63) is 77.9 Å². The molecule has 0 atom stereocenters. The van der Waals surface area contributed by atoms with E-state index in [2.05, 4.69) is 54.4 Å². The summed E-state index contributed by atoms with van der Waals surface area (Å²) in [5, 5.41) is 2.50.